The first kappa shape index (κ1) is 10.7. The number of nitrogens with zero attached hydrogens (tertiary/aromatic N) is 2. The Balaban J connectivity index is 2.51. The first-order chi connectivity index (χ1) is 7.69. The van der Waals surface area contributed by atoms with Crippen molar-refractivity contribution in [2.75, 3.05) is 0 Å². The zero-order chi connectivity index (χ0) is 11.5. The molecule has 0 radical (unpaired) electrons. The second-order valence-corrected chi connectivity index (χ2v) is 3.54. The summed E-state index contributed by atoms with van der Waals surface area (Å²) in [5.41, 5.74) is 7.78. The van der Waals surface area contributed by atoms with Crippen molar-refractivity contribution in [3.8, 4) is 11.4 Å². The van der Waals surface area contributed by atoms with Crippen LogP contribution in [0.4, 0.5) is 4.39 Å². The molecule has 0 aliphatic heterocycles. The molecule has 16 heavy (non-hydrogen) atoms. The predicted octanol–water partition coefficient (Wildman–Crippen LogP) is 2.05. The molecule has 2 aromatic rings. The fourth-order valence-corrected chi connectivity index (χ4v) is 1.49. The molecule has 2 rings (SSSR count). The fourth-order valence-electron chi connectivity index (χ4n) is 1.49. The monoisotopic (exact) mass is 217 g/mol. The van der Waals surface area contributed by atoms with Crippen molar-refractivity contribution in [3.05, 3.63) is 47.5 Å². The Labute approximate surface area is 93.2 Å². The van der Waals surface area contributed by atoms with Crippen LogP contribution < -0.4 is 5.73 Å². The molecule has 1 aromatic heterocycles. The predicted molar refractivity (Wildman–Crippen MR) is 60.1 cm³/mol. The summed E-state index contributed by atoms with van der Waals surface area (Å²) in [7, 11) is 0. The van der Waals surface area contributed by atoms with Crippen molar-refractivity contribution in [2.24, 2.45) is 5.73 Å². The molecular formula is C12H12FN3. The highest BCUT2D eigenvalue weighted by Crippen LogP contribution is 2.16. The molecule has 0 aliphatic carbocycles. The highest BCUT2D eigenvalue weighted by atomic mass is 19.1. The molecule has 0 saturated carbocycles. The molecule has 1 heterocycles. The second-order valence-electron chi connectivity index (χ2n) is 3.54. The van der Waals surface area contributed by atoms with Crippen LogP contribution in [0, 0.1) is 12.7 Å². The van der Waals surface area contributed by atoms with Gasteiger partial charge in [-0.1, -0.05) is 12.1 Å². The average Bonchev–Trinajstić information content (AvgIpc) is 2.28. The fraction of sp³-hybridized carbons (Fsp3) is 0.167. The van der Waals surface area contributed by atoms with Gasteiger partial charge in [-0.25, -0.2) is 14.4 Å². The van der Waals surface area contributed by atoms with E-state index in [0.29, 0.717) is 17.9 Å². The third-order valence-corrected chi connectivity index (χ3v) is 2.20. The Morgan fingerprint density at radius 1 is 1.25 bits per heavy atom. The van der Waals surface area contributed by atoms with E-state index in [1.165, 1.54) is 12.1 Å². The molecule has 0 spiro atoms. The number of nitrogens with two attached hydrogens (primary N) is 1. The zero-order valence-corrected chi connectivity index (χ0v) is 8.94. The molecule has 1 aromatic carbocycles. The molecule has 0 bridgehead atoms. The molecule has 2 N–H and O–H groups in total. The smallest absolute Gasteiger partial charge is 0.159 e. The third kappa shape index (κ3) is 2.23. The molecule has 4 heteroatoms. The summed E-state index contributed by atoms with van der Waals surface area (Å²) in [4.78, 5) is 8.52. The lowest BCUT2D eigenvalue weighted by Gasteiger charge is -2.04. The van der Waals surface area contributed by atoms with Crippen molar-refractivity contribution in [2.45, 2.75) is 13.5 Å². The van der Waals surface area contributed by atoms with E-state index < -0.39 is 0 Å². The number of rotatable bonds is 2. The maximum Gasteiger partial charge on any atom is 0.159 e. The van der Waals surface area contributed by atoms with Gasteiger partial charge in [-0.05, 0) is 25.1 Å². The Morgan fingerprint density at radius 3 is 2.75 bits per heavy atom. The van der Waals surface area contributed by atoms with Gasteiger partial charge in [0.2, 0.25) is 0 Å². The molecule has 0 saturated heterocycles. The Kier molecular flexibility index (Phi) is 2.92. The molecule has 0 amide bonds. The maximum absolute atomic E-state index is 13.1. The van der Waals surface area contributed by atoms with E-state index in [0.717, 1.165) is 11.4 Å². The number of hydrogen-bond donors (Lipinski definition) is 1. The van der Waals surface area contributed by atoms with Gasteiger partial charge in [-0.2, -0.15) is 0 Å². The number of benzene rings is 1. The lowest BCUT2D eigenvalue weighted by atomic mass is 10.2. The van der Waals surface area contributed by atoms with Crippen LogP contribution >= 0.6 is 0 Å². The maximum atomic E-state index is 13.1. The van der Waals surface area contributed by atoms with Crippen molar-refractivity contribution in [3.63, 3.8) is 0 Å². The number of hydrogen-bond acceptors (Lipinski definition) is 3. The lowest BCUT2D eigenvalue weighted by Crippen LogP contribution is -2.03. The van der Waals surface area contributed by atoms with Gasteiger partial charge in [0.1, 0.15) is 5.82 Å². The van der Waals surface area contributed by atoms with Crippen LogP contribution in [0.25, 0.3) is 11.4 Å². The minimum absolute atomic E-state index is 0.295. The van der Waals surface area contributed by atoms with Gasteiger partial charge in [0.15, 0.2) is 5.82 Å². The zero-order valence-electron chi connectivity index (χ0n) is 8.94. The van der Waals surface area contributed by atoms with Crippen LogP contribution in [-0.2, 0) is 6.54 Å². The normalized spacial score (nSPS) is 10.4. The van der Waals surface area contributed by atoms with Crippen molar-refractivity contribution in [1.82, 2.24) is 9.97 Å². The standard InChI is InChI=1S/C12H12FN3/c1-8-5-11(7-14)16-12(15-8)9-3-2-4-10(13)6-9/h2-6H,7,14H2,1H3. The van der Waals surface area contributed by atoms with E-state index in [1.807, 2.05) is 13.0 Å². The van der Waals surface area contributed by atoms with Gasteiger partial charge < -0.3 is 5.73 Å². The van der Waals surface area contributed by atoms with Crippen LogP contribution in [-0.4, -0.2) is 9.97 Å². The molecule has 0 fully saturated rings. The van der Waals surface area contributed by atoms with Crippen molar-refractivity contribution in [1.29, 1.82) is 0 Å². The van der Waals surface area contributed by atoms with Crippen molar-refractivity contribution < 1.29 is 4.39 Å². The summed E-state index contributed by atoms with van der Waals surface area (Å²) in [6.45, 7) is 2.22. The van der Waals surface area contributed by atoms with Gasteiger partial charge in [0.05, 0.1) is 5.69 Å². The molecule has 3 nitrogen and oxygen atoms in total. The molecule has 0 aliphatic rings. The highest BCUT2D eigenvalue weighted by molar-refractivity contribution is 5.55. The van der Waals surface area contributed by atoms with Crippen LogP contribution in [0.1, 0.15) is 11.4 Å². The molecule has 82 valence electrons. The topological polar surface area (TPSA) is 51.8 Å². The molecule has 0 atom stereocenters. The van der Waals surface area contributed by atoms with E-state index in [1.54, 1.807) is 12.1 Å². The number of aryl methyl sites for hydroxylation is 1. The average molecular weight is 217 g/mol. The quantitative estimate of drug-likeness (QED) is 0.837. The third-order valence-electron chi connectivity index (χ3n) is 2.20. The Bertz CT molecular complexity index is 511. The van der Waals surface area contributed by atoms with E-state index >= 15 is 0 Å². The number of aromatic nitrogens is 2. The summed E-state index contributed by atoms with van der Waals surface area (Å²) in [6, 6.07) is 8.04. The van der Waals surface area contributed by atoms with Crippen molar-refractivity contribution >= 4 is 0 Å². The van der Waals surface area contributed by atoms with Crippen LogP contribution in [0.2, 0.25) is 0 Å². The van der Waals surface area contributed by atoms with E-state index in [2.05, 4.69) is 9.97 Å². The van der Waals surface area contributed by atoms with Gasteiger partial charge in [-0.15, -0.1) is 0 Å². The first-order valence-electron chi connectivity index (χ1n) is 4.99. The minimum atomic E-state index is -0.295. The van der Waals surface area contributed by atoms with Crippen LogP contribution in [0.15, 0.2) is 30.3 Å². The summed E-state index contributed by atoms with van der Waals surface area (Å²) in [5.74, 6) is 0.219. The summed E-state index contributed by atoms with van der Waals surface area (Å²) >= 11 is 0. The molecular weight excluding hydrogens is 205 g/mol. The first-order valence-corrected chi connectivity index (χ1v) is 4.99. The largest absolute Gasteiger partial charge is 0.325 e. The van der Waals surface area contributed by atoms with Crippen LogP contribution in [0.3, 0.4) is 0 Å². The molecule has 0 unspecified atom stereocenters. The summed E-state index contributed by atoms with van der Waals surface area (Å²) < 4.78 is 13.1. The number of halogens is 1. The van der Waals surface area contributed by atoms with Gasteiger partial charge >= 0.3 is 0 Å². The SMILES string of the molecule is Cc1cc(CN)nc(-c2cccc(F)c2)n1. The van der Waals surface area contributed by atoms with Crippen LogP contribution in [0.5, 0.6) is 0 Å². The van der Waals surface area contributed by atoms with Gasteiger partial charge in [0, 0.05) is 17.8 Å². The van der Waals surface area contributed by atoms with E-state index in [9.17, 15) is 4.39 Å². The lowest BCUT2D eigenvalue weighted by molar-refractivity contribution is 0.628. The van der Waals surface area contributed by atoms with E-state index in [-0.39, 0.29) is 5.82 Å². The summed E-state index contributed by atoms with van der Waals surface area (Å²) in [5, 5.41) is 0. The summed E-state index contributed by atoms with van der Waals surface area (Å²) in [6.07, 6.45) is 0. The minimum Gasteiger partial charge on any atom is -0.325 e. The second kappa shape index (κ2) is 4.37. The Hall–Kier alpha value is -1.81. The van der Waals surface area contributed by atoms with Gasteiger partial charge in [-0.3, -0.25) is 0 Å². The highest BCUT2D eigenvalue weighted by Gasteiger charge is 2.04. The van der Waals surface area contributed by atoms with E-state index in [4.69, 9.17) is 5.73 Å². The van der Waals surface area contributed by atoms with Gasteiger partial charge in [0.25, 0.3) is 0 Å². The Morgan fingerprint density at radius 2 is 2.06 bits per heavy atom.